The lowest BCUT2D eigenvalue weighted by molar-refractivity contribution is -0.149. The van der Waals surface area contributed by atoms with Gasteiger partial charge in [0.25, 0.3) is 0 Å². The molecule has 2 amide bonds. The van der Waals surface area contributed by atoms with Crippen molar-refractivity contribution in [2.24, 2.45) is 0 Å². The van der Waals surface area contributed by atoms with Gasteiger partial charge in [0.1, 0.15) is 5.54 Å². The molecule has 0 bridgehead atoms. The van der Waals surface area contributed by atoms with Crippen molar-refractivity contribution in [2.75, 3.05) is 39.9 Å². The number of methoxy groups -OCH3 is 1. The van der Waals surface area contributed by atoms with Gasteiger partial charge < -0.3 is 15.0 Å². The minimum atomic E-state index is -0.490. The molecule has 6 heteroatoms. The van der Waals surface area contributed by atoms with Crippen LogP contribution in [0.15, 0.2) is 30.3 Å². The summed E-state index contributed by atoms with van der Waals surface area (Å²) in [5, 5.41) is 2.98. The number of likely N-dealkylation sites (tertiary alicyclic amines) is 2. The number of piperidine rings is 1. The van der Waals surface area contributed by atoms with Crippen LogP contribution in [-0.2, 0) is 20.9 Å². The third-order valence-electron chi connectivity index (χ3n) is 5.56. The number of hydrogen-bond acceptors (Lipinski definition) is 4. The van der Waals surface area contributed by atoms with Crippen molar-refractivity contribution in [1.82, 2.24) is 15.1 Å². The van der Waals surface area contributed by atoms with Crippen LogP contribution in [0.4, 0.5) is 0 Å². The number of nitrogens with zero attached hydrogens (tertiary/aromatic N) is 2. The third-order valence-corrected chi connectivity index (χ3v) is 5.56. The summed E-state index contributed by atoms with van der Waals surface area (Å²) in [5.74, 6) is 0.158. The highest BCUT2D eigenvalue weighted by Gasteiger charge is 2.50. The van der Waals surface area contributed by atoms with Gasteiger partial charge in [-0.2, -0.15) is 0 Å². The molecule has 1 N–H and O–H groups in total. The molecule has 1 unspecified atom stereocenters. The molecule has 1 atom stereocenters. The first-order chi connectivity index (χ1) is 12.7. The summed E-state index contributed by atoms with van der Waals surface area (Å²) in [7, 11) is 1.66. The summed E-state index contributed by atoms with van der Waals surface area (Å²) in [4.78, 5) is 29.6. The van der Waals surface area contributed by atoms with E-state index in [0.29, 0.717) is 19.7 Å². The Morgan fingerprint density at radius 2 is 1.92 bits per heavy atom. The van der Waals surface area contributed by atoms with Gasteiger partial charge in [0.15, 0.2) is 0 Å². The zero-order valence-corrected chi connectivity index (χ0v) is 15.6. The van der Waals surface area contributed by atoms with Crippen LogP contribution in [0.3, 0.4) is 0 Å². The summed E-state index contributed by atoms with van der Waals surface area (Å²) >= 11 is 0. The van der Waals surface area contributed by atoms with Gasteiger partial charge >= 0.3 is 0 Å². The zero-order chi connectivity index (χ0) is 18.4. The van der Waals surface area contributed by atoms with Gasteiger partial charge in [-0.3, -0.25) is 14.5 Å². The molecule has 0 aliphatic carbocycles. The van der Waals surface area contributed by atoms with Crippen LogP contribution in [0, 0.1) is 0 Å². The topological polar surface area (TPSA) is 61.9 Å². The van der Waals surface area contributed by atoms with Gasteiger partial charge in [0.2, 0.25) is 11.8 Å². The fraction of sp³-hybridized carbons (Fsp3) is 0.600. The molecule has 2 fully saturated rings. The van der Waals surface area contributed by atoms with Crippen LogP contribution < -0.4 is 5.32 Å². The quantitative estimate of drug-likeness (QED) is 0.800. The van der Waals surface area contributed by atoms with E-state index in [1.54, 1.807) is 7.11 Å². The van der Waals surface area contributed by atoms with Gasteiger partial charge in [0, 0.05) is 26.7 Å². The Labute approximate surface area is 155 Å². The fourth-order valence-electron chi connectivity index (χ4n) is 4.20. The first-order valence-corrected chi connectivity index (χ1v) is 9.50. The Morgan fingerprint density at radius 3 is 2.65 bits per heavy atom. The monoisotopic (exact) mass is 359 g/mol. The van der Waals surface area contributed by atoms with Crippen LogP contribution >= 0.6 is 0 Å². The Kier molecular flexibility index (Phi) is 6.27. The molecule has 0 aromatic heterocycles. The van der Waals surface area contributed by atoms with Crippen LogP contribution in [0.1, 0.15) is 31.2 Å². The van der Waals surface area contributed by atoms with Crippen molar-refractivity contribution >= 4 is 11.8 Å². The van der Waals surface area contributed by atoms with Gasteiger partial charge in [-0.15, -0.1) is 0 Å². The van der Waals surface area contributed by atoms with E-state index in [-0.39, 0.29) is 18.4 Å². The van der Waals surface area contributed by atoms with Crippen molar-refractivity contribution in [3.05, 3.63) is 35.9 Å². The van der Waals surface area contributed by atoms with E-state index >= 15 is 0 Å². The number of rotatable bonds is 7. The molecule has 26 heavy (non-hydrogen) atoms. The molecule has 1 aromatic rings. The predicted molar refractivity (Wildman–Crippen MR) is 99.5 cm³/mol. The number of carbonyl (C=O) groups is 2. The predicted octanol–water partition coefficient (Wildman–Crippen LogP) is 1.41. The Balaban J connectivity index is 1.60. The number of ether oxygens (including phenoxy) is 1. The van der Waals surface area contributed by atoms with Crippen LogP contribution in [0.25, 0.3) is 0 Å². The fourth-order valence-corrected chi connectivity index (χ4v) is 4.20. The second-order valence-corrected chi connectivity index (χ2v) is 7.21. The first kappa shape index (κ1) is 18.9. The zero-order valence-electron chi connectivity index (χ0n) is 15.6. The average Bonchev–Trinajstić information content (AvgIpc) is 3.05. The molecule has 2 aliphatic heterocycles. The SMILES string of the molecule is COCCN1CCCC2(CCCN2CC(=O)NCc2ccccc2)C1=O. The first-order valence-electron chi connectivity index (χ1n) is 9.50. The lowest BCUT2D eigenvalue weighted by Gasteiger charge is -2.44. The van der Waals surface area contributed by atoms with E-state index in [4.69, 9.17) is 4.74 Å². The Hall–Kier alpha value is -1.92. The van der Waals surface area contributed by atoms with Crippen molar-refractivity contribution in [2.45, 2.75) is 37.8 Å². The summed E-state index contributed by atoms with van der Waals surface area (Å²) in [6.07, 6.45) is 3.65. The van der Waals surface area contributed by atoms with Crippen molar-refractivity contribution in [1.29, 1.82) is 0 Å². The molecular formula is C20H29N3O3. The summed E-state index contributed by atoms with van der Waals surface area (Å²) in [6, 6.07) is 9.88. The lowest BCUT2D eigenvalue weighted by Crippen LogP contribution is -2.61. The number of amides is 2. The highest BCUT2D eigenvalue weighted by atomic mass is 16.5. The highest BCUT2D eigenvalue weighted by Crippen LogP contribution is 2.37. The van der Waals surface area contributed by atoms with Crippen LogP contribution in [0.2, 0.25) is 0 Å². The molecule has 0 saturated carbocycles. The maximum absolute atomic E-state index is 13.1. The van der Waals surface area contributed by atoms with Gasteiger partial charge in [-0.05, 0) is 37.8 Å². The molecule has 1 spiro atoms. The smallest absolute Gasteiger partial charge is 0.243 e. The Morgan fingerprint density at radius 1 is 1.19 bits per heavy atom. The molecule has 0 radical (unpaired) electrons. The van der Waals surface area contributed by atoms with Gasteiger partial charge in [-0.1, -0.05) is 30.3 Å². The highest BCUT2D eigenvalue weighted by molar-refractivity contribution is 5.88. The molecule has 2 saturated heterocycles. The number of hydrogen-bond donors (Lipinski definition) is 1. The second kappa shape index (κ2) is 8.64. The number of carbonyl (C=O) groups excluding carboxylic acids is 2. The summed E-state index contributed by atoms with van der Waals surface area (Å²) in [5.41, 5.74) is 0.590. The normalized spacial score (nSPS) is 23.6. The number of nitrogens with one attached hydrogen (secondary N) is 1. The molecular weight excluding hydrogens is 330 g/mol. The molecule has 3 rings (SSSR count). The Bertz CT molecular complexity index is 622. The molecule has 1 aromatic carbocycles. The molecule has 2 aliphatic rings. The maximum Gasteiger partial charge on any atom is 0.243 e. The summed E-state index contributed by atoms with van der Waals surface area (Å²) in [6.45, 7) is 3.59. The van der Waals surface area contributed by atoms with Crippen LogP contribution in [-0.4, -0.2) is 67.0 Å². The maximum atomic E-state index is 13.1. The summed E-state index contributed by atoms with van der Waals surface area (Å²) < 4.78 is 5.14. The van der Waals surface area contributed by atoms with Crippen molar-refractivity contribution in [3.63, 3.8) is 0 Å². The largest absolute Gasteiger partial charge is 0.383 e. The van der Waals surface area contributed by atoms with E-state index in [0.717, 1.165) is 44.3 Å². The third kappa shape index (κ3) is 4.07. The average molecular weight is 359 g/mol. The number of benzene rings is 1. The van der Waals surface area contributed by atoms with Crippen molar-refractivity contribution in [3.8, 4) is 0 Å². The van der Waals surface area contributed by atoms with E-state index in [9.17, 15) is 9.59 Å². The van der Waals surface area contributed by atoms with E-state index < -0.39 is 5.54 Å². The minimum absolute atomic E-state index is 0.0167. The molecule has 2 heterocycles. The van der Waals surface area contributed by atoms with Gasteiger partial charge in [0.05, 0.1) is 13.2 Å². The van der Waals surface area contributed by atoms with Crippen LogP contribution in [0.5, 0.6) is 0 Å². The molecule has 142 valence electrons. The standard InChI is InChI=1S/C20H29N3O3/c1-26-14-13-22-11-5-9-20(19(22)25)10-6-12-23(20)16-18(24)21-15-17-7-3-2-4-8-17/h2-4,7-8H,5-6,9-16H2,1H3,(H,21,24). The molecule has 6 nitrogen and oxygen atoms in total. The van der Waals surface area contributed by atoms with Gasteiger partial charge in [-0.25, -0.2) is 0 Å². The van der Waals surface area contributed by atoms with Crippen molar-refractivity contribution < 1.29 is 14.3 Å². The lowest BCUT2D eigenvalue weighted by atomic mass is 9.85. The van der Waals surface area contributed by atoms with E-state index in [1.807, 2.05) is 35.2 Å². The van der Waals surface area contributed by atoms with E-state index in [1.165, 1.54) is 0 Å². The second-order valence-electron chi connectivity index (χ2n) is 7.21. The van der Waals surface area contributed by atoms with E-state index in [2.05, 4.69) is 10.2 Å². The minimum Gasteiger partial charge on any atom is -0.383 e.